The Hall–Kier alpha value is -6.59. The third kappa shape index (κ3) is 20.6. The van der Waals surface area contributed by atoms with Crippen molar-refractivity contribution in [1.29, 1.82) is 0 Å². The molecule has 16 N–H and O–H groups in total. The first kappa shape index (κ1) is 56.0. The van der Waals surface area contributed by atoms with Gasteiger partial charge in [0.15, 0.2) is 11.9 Å². The second kappa shape index (κ2) is 31.5. The van der Waals surface area contributed by atoms with Gasteiger partial charge in [-0.1, -0.05) is 133 Å². The maximum atomic E-state index is 14.7. The third-order valence-electron chi connectivity index (χ3n) is 12.7. The number of primary amides is 1. The molecule has 0 fully saturated rings. The van der Waals surface area contributed by atoms with Gasteiger partial charge in [-0.05, 0) is 55.4 Å². The number of nitrogens with zero attached hydrogens (tertiary/aromatic N) is 2. The van der Waals surface area contributed by atoms with Crippen molar-refractivity contribution in [3.63, 3.8) is 0 Å². The Morgan fingerprint density at radius 3 is 1.30 bits per heavy atom. The van der Waals surface area contributed by atoms with Crippen LogP contribution in [0.2, 0.25) is 0 Å². The van der Waals surface area contributed by atoms with Gasteiger partial charge in [-0.3, -0.25) is 34.0 Å². The molecular weight excluding hydrogens is 887 g/mol. The first-order valence-electron chi connectivity index (χ1n) is 25.6. The summed E-state index contributed by atoms with van der Waals surface area (Å²) in [5.41, 5.74) is 30.9. The summed E-state index contributed by atoms with van der Waals surface area (Å²) in [6, 6.07) is 10.6. The molecule has 384 valence electrons. The second-order valence-electron chi connectivity index (χ2n) is 18.4. The molecular formula is C52H81N13O5. The minimum Gasteiger partial charge on any atom is -0.370 e. The summed E-state index contributed by atoms with van der Waals surface area (Å²) in [5, 5.41) is 13.2. The number of carbonyl (C=O) groups excluding carboxylic acids is 5. The smallest absolute Gasteiger partial charge is 0.243 e. The number of carbonyl (C=O) groups is 5. The number of fused-ring (bicyclic) bond motifs is 2. The highest BCUT2D eigenvalue weighted by atomic mass is 16.2. The van der Waals surface area contributed by atoms with Gasteiger partial charge in [0.25, 0.3) is 0 Å². The van der Waals surface area contributed by atoms with Crippen LogP contribution in [0.3, 0.4) is 0 Å². The number of unbranched alkanes of at least 4 members (excludes halogenated alkanes) is 14. The van der Waals surface area contributed by atoms with Crippen molar-refractivity contribution < 1.29 is 24.0 Å². The van der Waals surface area contributed by atoms with E-state index in [1.165, 1.54) is 70.6 Å². The number of guanidine groups is 2. The van der Waals surface area contributed by atoms with E-state index in [9.17, 15) is 24.0 Å². The van der Waals surface area contributed by atoms with Gasteiger partial charge in [-0.25, -0.2) is 0 Å². The molecule has 0 saturated carbocycles. The minimum atomic E-state index is -1.22. The molecule has 18 heteroatoms. The molecule has 18 nitrogen and oxygen atoms in total. The van der Waals surface area contributed by atoms with E-state index in [0.29, 0.717) is 19.3 Å². The lowest BCUT2D eigenvalue weighted by atomic mass is 10.0. The summed E-state index contributed by atoms with van der Waals surface area (Å²) in [6.07, 6.45) is 23.0. The average Bonchev–Trinajstić information content (AvgIpc) is 3.95. The molecule has 2 aromatic carbocycles. The number of aromatic amines is 2. The molecule has 0 saturated heterocycles. The van der Waals surface area contributed by atoms with Crippen LogP contribution < -0.4 is 49.9 Å². The van der Waals surface area contributed by atoms with Crippen LogP contribution in [0.4, 0.5) is 0 Å². The van der Waals surface area contributed by atoms with Crippen LogP contribution in [0.5, 0.6) is 0 Å². The van der Waals surface area contributed by atoms with Gasteiger partial charge in [0, 0.05) is 66.6 Å². The third-order valence-corrected chi connectivity index (χ3v) is 12.7. The van der Waals surface area contributed by atoms with E-state index in [2.05, 4.69) is 48.1 Å². The number of nitrogens with one attached hydrogen (secondary N) is 6. The molecule has 0 spiro atoms. The molecule has 70 heavy (non-hydrogen) atoms. The van der Waals surface area contributed by atoms with Crippen LogP contribution >= 0.6 is 0 Å². The van der Waals surface area contributed by atoms with Crippen molar-refractivity contribution in [2.45, 2.75) is 172 Å². The van der Waals surface area contributed by atoms with Gasteiger partial charge in [-0.15, -0.1) is 0 Å². The first-order valence-corrected chi connectivity index (χ1v) is 25.6. The fraction of sp³-hybridized carbons (Fsp3) is 0.558. The number of H-pyrrole nitrogens is 2. The van der Waals surface area contributed by atoms with E-state index in [1.54, 1.807) is 12.4 Å². The molecule has 0 aliphatic heterocycles. The largest absolute Gasteiger partial charge is 0.370 e. The van der Waals surface area contributed by atoms with Crippen LogP contribution in [-0.2, 0) is 36.8 Å². The Kier molecular flexibility index (Phi) is 25.2. The molecule has 4 rings (SSSR count). The predicted octanol–water partition coefficient (Wildman–Crippen LogP) is 5.23. The molecule has 0 radical (unpaired) electrons. The number of aromatic nitrogens is 2. The molecule has 2 heterocycles. The van der Waals surface area contributed by atoms with Crippen LogP contribution in [0.25, 0.3) is 21.8 Å². The number of benzene rings is 2. The highest BCUT2D eigenvalue weighted by Gasteiger charge is 2.32. The number of rotatable bonds is 36. The summed E-state index contributed by atoms with van der Waals surface area (Å²) in [6.45, 7) is 2.69. The summed E-state index contributed by atoms with van der Waals surface area (Å²) < 4.78 is 0. The van der Waals surface area contributed by atoms with Gasteiger partial charge in [0.1, 0.15) is 24.2 Å². The van der Waals surface area contributed by atoms with E-state index < -0.39 is 47.8 Å². The van der Waals surface area contributed by atoms with Gasteiger partial charge in [0.05, 0.1) is 0 Å². The maximum absolute atomic E-state index is 14.7. The number of para-hydroxylation sites is 2. The highest BCUT2D eigenvalue weighted by Crippen LogP contribution is 2.22. The Morgan fingerprint density at radius 2 is 0.871 bits per heavy atom. The standard InChI is InChI=1S/C52H81N13O5/c1-2-3-4-5-6-7-8-9-10-11-12-13-14-15-16-29-46(66)62-43(28-22-31-59-52(56)57)48(68)64-45(33-37-35-61-41-26-20-18-24-39(37)41)50(70)65-44(32-36-34-60-40-25-19-17-23-38(36)40)49(69)63-42(47(53)67)27-21-30-58-51(54)55/h17-20,23-26,34-35,42-45,60-61H,2-16,21-22,27-33H2,1H3,(H2,53,67)(H,62,66)(H,63,69)(H,64,68)(H,65,70)(H4,54,55,58)(H4,56,57,59)/t42-,43-,44-,45-/m0/s1. The fourth-order valence-electron chi connectivity index (χ4n) is 8.76. The quantitative estimate of drug-likeness (QED) is 0.0161. The Labute approximate surface area is 413 Å². The highest BCUT2D eigenvalue weighted by molar-refractivity contribution is 5.96. The zero-order valence-corrected chi connectivity index (χ0v) is 41.4. The lowest BCUT2D eigenvalue weighted by Crippen LogP contribution is -2.59. The van der Waals surface area contributed by atoms with Crippen molar-refractivity contribution in [1.82, 2.24) is 31.2 Å². The molecule has 0 bridgehead atoms. The normalized spacial score (nSPS) is 12.9. The zero-order chi connectivity index (χ0) is 50.5. The van der Waals surface area contributed by atoms with E-state index in [-0.39, 0.29) is 63.0 Å². The number of aliphatic imine (C=N–C) groups is 2. The van der Waals surface area contributed by atoms with Crippen molar-refractivity contribution in [2.75, 3.05) is 13.1 Å². The topological polar surface area (TPSA) is 320 Å². The molecule has 0 aliphatic carbocycles. The summed E-state index contributed by atoms with van der Waals surface area (Å²) in [7, 11) is 0. The number of hydrogen-bond acceptors (Lipinski definition) is 7. The van der Waals surface area contributed by atoms with Crippen LogP contribution in [0.1, 0.15) is 146 Å². The van der Waals surface area contributed by atoms with Crippen LogP contribution in [0.15, 0.2) is 70.9 Å². The van der Waals surface area contributed by atoms with E-state index in [0.717, 1.165) is 52.2 Å². The monoisotopic (exact) mass is 968 g/mol. The van der Waals surface area contributed by atoms with Crippen molar-refractivity contribution in [3.05, 3.63) is 72.1 Å². The molecule has 0 aliphatic rings. The lowest BCUT2D eigenvalue weighted by Gasteiger charge is -2.26. The van der Waals surface area contributed by atoms with Crippen LogP contribution in [0, 0.1) is 0 Å². The summed E-state index contributed by atoms with van der Waals surface area (Å²) >= 11 is 0. The molecule has 0 unspecified atom stereocenters. The predicted molar refractivity (Wildman–Crippen MR) is 280 cm³/mol. The molecule has 5 amide bonds. The number of hydrogen-bond donors (Lipinski definition) is 11. The maximum Gasteiger partial charge on any atom is 0.243 e. The van der Waals surface area contributed by atoms with Crippen molar-refractivity contribution in [2.24, 2.45) is 38.7 Å². The molecule has 4 aromatic rings. The molecule has 2 aromatic heterocycles. The summed E-state index contributed by atoms with van der Waals surface area (Å²) in [4.78, 5) is 83.8. The Bertz CT molecular complexity index is 2280. The van der Waals surface area contributed by atoms with Crippen molar-refractivity contribution in [3.8, 4) is 0 Å². The second-order valence-corrected chi connectivity index (χ2v) is 18.4. The Morgan fingerprint density at radius 1 is 0.486 bits per heavy atom. The first-order chi connectivity index (χ1) is 33.9. The Balaban J connectivity index is 1.47. The summed E-state index contributed by atoms with van der Waals surface area (Å²) in [5.74, 6) is -3.14. The van der Waals surface area contributed by atoms with E-state index in [4.69, 9.17) is 28.7 Å². The van der Waals surface area contributed by atoms with Gasteiger partial charge >= 0.3 is 0 Å². The van der Waals surface area contributed by atoms with Gasteiger partial charge in [-0.2, -0.15) is 0 Å². The minimum absolute atomic E-state index is 0.0254. The van der Waals surface area contributed by atoms with Crippen molar-refractivity contribution >= 4 is 63.3 Å². The molecule has 4 atom stereocenters. The fourth-order valence-corrected chi connectivity index (χ4v) is 8.76. The SMILES string of the molecule is CCCCCCCCCCCCCCCCCC(=O)N[C@@H](CCCN=C(N)N)C(=O)N[C@@H](Cc1c[nH]c2ccccc12)C(=O)N[C@@H](Cc1c[nH]c2ccccc12)C(=O)N[C@@H](CCCN=C(N)N)C(N)=O. The van der Waals surface area contributed by atoms with Gasteiger partial charge in [0.2, 0.25) is 29.5 Å². The van der Waals surface area contributed by atoms with E-state index in [1.807, 2.05) is 48.5 Å². The lowest BCUT2D eigenvalue weighted by molar-refractivity contribution is -0.134. The van der Waals surface area contributed by atoms with Gasteiger partial charge < -0.3 is 59.9 Å². The number of amides is 5. The van der Waals surface area contributed by atoms with Crippen LogP contribution in [-0.4, -0.2) is 88.7 Å². The van der Waals surface area contributed by atoms with E-state index >= 15 is 0 Å². The average molecular weight is 968 g/mol. The number of nitrogens with two attached hydrogens (primary N) is 5. The zero-order valence-electron chi connectivity index (χ0n) is 41.4.